The molecule has 6 heteroatoms. The molecule has 4 nitrogen and oxygen atoms in total. The van der Waals surface area contributed by atoms with E-state index in [4.69, 9.17) is 13.6 Å². The summed E-state index contributed by atoms with van der Waals surface area (Å²) in [5, 5.41) is 0. The number of rotatable bonds is 6. The second-order valence-electron chi connectivity index (χ2n) is 4.32. The molecule has 0 atom stereocenters. The van der Waals surface area contributed by atoms with Crippen molar-refractivity contribution in [3.05, 3.63) is 77.8 Å². The highest BCUT2D eigenvalue weighted by Crippen LogP contribution is 2.48. The largest absolute Gasteiger partial charge is 0.528 e. The van der Waals surface area contributed by atoms with Crippen LogP contribution in [0.2, 0.25) is 0 Å². The third-order valence-corrected chi connectivity index (χ3v) is 4.24. The number of hydrogen-bond acceptors (Lipinski definition) is 4. The van der Waals surface area contributed by atoms with E-state index >= 15 is 0 Å². The zero-order valence-corrected chi connectivity index (χ0v) is 13.1. The van der Waals surface area contributed by atoms with Gasteiger partial charge in [-0.1, -0.05) is 42.5 Å². The molecule has 0 N–H and O–H groups in total. The molecule has 0 aliphatic carbocycles. The Morgan fingerprint density at radius 2 is 1.50 bits per heavy atom. The van der Waals surface area contributed by atoms with Gasteiger partial charge in [-0.15, -0.1) is 0 Å². The van der Waals surface area contributed by atoms with Crippen LogP contribution in [0, 0.1) is 5.82 Å². The van der Waals surface area contributed by atoms with Crippen molar-refractivity contribution < 1.29 is 22.5 Å². The minimum Gasteiger partial charge on any atom is -0.411 e. The molecule has 0 fully saturated rings. The van der Waals surface area contributed by atoms with Crippen LogP contribution in [0.25, 0.3) is 5.57 Å². The molecule has 0 aliphatic rings. The molecule has 0 unspecified atom stereocenters. The summed E-state index contributed by atoms with van der Waals surface area (Å²) in [7, 11) is -1.17. The lowest BCUT2D eigenvalue weighted by molar-refractivity contribution is 0.194. The maximum atomic E-state index is 13.1. The summed E-state index contributed by atoms with van der Waals surface area (Å²) in [5.74, 6) is -0.337. The molecule has 0 aliphatic heterocycles. The summed E-state index contributed by atoms with van der Waals surface area (Å²) in [4.78, 5) is 0. The zero-order valence-electron chi connectivity index (χ0n) is 12.2. The molecule has 0 bridgehead atoms. The fourth-order valence-corrected chi connectivity index (χ4v) is 2.38. The average Bonchev–Trinajstić information content (AvgIpc) is 2.57. The fourth-order valence-electron chi connectivity index (χ4n) is 1.83. The number of hydrogen-bond donors (Lipinski definition) is 0. The molecule has 0 spiro atoms. The molecule has 0 saturated carbocycles. The lowest BCUT2D eigenvalue weighted by Crippen LogP contribution is -1.93. The van der Waals surface area contributed by atoms with E-state index in [-0.39, 0.29) is 5.82 Å². The molecule has 0 amide bonds. The normalized spacial score (nSPS) is 12.2. The van der Waals surface area contributed by atoms with E-state index < -0.39 is 7.82 Å². The van der Waals surface area contributed by atoms with Crippen molar-refractivity contribution >= 4 is 13.4 Å². The highest BCUT2D eigenvalue weighted by Gasteiger charge is 2.23. The van der Waals surface area contributed by atoms with Crippen molar-refractivity contribution in [2.24, 2.45) is 0 Å². The average molecular weight is 322 g/mol. The summed E-state index contributed by atoms with van der Waals surface area (Å²) in [6.07, 6.45) is 1.30. The predicted octanol–water partition coefficient (Wildman–Crippen LogP) is 4.63. The summed E-state index contributed by atoms with van der Waals surface area (Å²) in [5.41, 5.74) is 2.18. The molecule has 116 valence electrons. The van der Waals surface area contributed by atoms with Crippen molar-refractivity contribution in [2.75, 3.05) is 14.2 Å². The van der Waals surface area contributed by atoms with Gasteiger partial charge in [0.05, 0.1) is 0 Å². The quantitative estimate of drug-likeness (QED) is 0.574. The standard InChI is InChI=1S/C16H16FO4P/c1-19-22(18,20-2)21-12-16(13-6-4-3-5-7-13)14-8-10-15(17)11-9-14/h3-12H,1-2H3/b16-12+. The first-order chi connectivity index (χ1) is 10.6. The van der Waals surface area contributed by atoms with Crippen LogP contribution in [0.5, 0.6) is 0 Å². The second kappa shape index (κ2) is 7.36. The number of halogens is 1. The minimum atomic E-state index is -3.64. The van der Waals surface area contributed by atoms with Crippen molar-refractivity contribution in [1.29, 1.82) is 0 Å². The molecule has 0 saturated heterocycles. The van der Waals surface area contributed by atoms with Gasteiger partial charge in [-0.3, -0.25) is 9.05 Å². The Labute approximate surface area is 128 Å². The minimum absolute atomic E-state index is 0.337. The van der Waals surface area contributed by atoms with E-state index in [1.54, 1.807) is 12.1 Å². The Morgan fingerprint density at radius 3 is 2.05 bits per heavy atom. The molecule has 0 heterocycles. The van der Waals surface area contributed by atoms with E-state index in [0.717, 1.165) is 5.56 Å². The summed E-state index contributed by atoms with van der Waals surface area (Å²) < 4.78 is 39.8. The highest BCUT2D eigenvalue weighted by molar-refractivity contribution is 7.48. The van der Waals surface area contributed by atoms with Crippen molar-refractivity contribution in [2.45, 2.75) is 0 Å². The first-order valence-electron chi connectivity index (χ1n) is 6.49. The number of benzene rings is 2. The van der Waals surface area contributed by atoms with Crippen molar-refractivity contribution in [3.8, 4) is 0 Å². The monoisotopic (exact) mass is 322 g/mol. The summed E-state index contributed by atoms with van der Waals surface area (Å²) in [6, 6.07) is 15.2. The van der Waals surface area contributed by atoms with E-state index in [0.29, 0.717) is 11.1 Å². The van der Waals surface area contributed by atoms with Gasteiger partial charge in [0.25, 0.3) is 0 Å². The second-order valence-corrected chi connectivity index (χ2v) is 6.16. The van der Waals surface area contributed by atoms with Crippen LogP contribution in [-0.4, -0.2) is 14.2 Å². The van der Waals surface area contributed by atoms with Gasteiger partial charge in [0.1, 0.15) is 12.1 Å². The predicted molar refractivity (Wildman–Crippen MR) is 82.6 cm³/mol. The van der Waals surface area contributed by atoms with E-state index in [1.807, 2.05) is 30.3 Å². The Kier molecular flexibility index (Phi) is 5.50. The Balaban J connectivity index is 2.42. The van der Waals surface area contributed by atoms with Gasteiger partial charge in [0.2, 0.25) is 0 Å². The van der Waals surface area contributed by atoms with E-state index in [1.165, 1.54) is 32.6 Å². The van der Waals surface area contributed by atoms with Gasteiger partial charge in [-0.2, -0.15) is 0 Å². The van der Waals surface area contributed by atoms with Crippen LogP contribution in [0.15, 0.2) is 60.9 Å². The topological polar surface area (TPSA) is 44.8 Å². The molecule has 2 aromatic carbocycles. The molecule has 0 aromatic heterocycles. The third-order valence-electron chi connectivity index (χ3n) is 2.99. The molecular weight excluding hydrogens is 306 g/mol. The van der Waals surface area contributed by atoms with Crippen LogP contribution < -0.4 is 0 Å². The Hall–Kier alpha value is -1.94. The first-order valence-corrected chi connectivity index (χ1v) is 7.95. The molecule has 2 rings (SSSR count). The summed E-state index contributed by atoms with van der Waals surface area (Å²) >= 11 is 0. The van der Waals surface area contributed by atoms with Crippen molar-refractivity contribution in [1.82, 2.24) is 0 Å². The van der Waals surface area contributed by atoms with Crippen LogP contribution in [-0.2, 0) is 18.1 Å². The van der Waals surface area contributed by atoms with Crippen LogP contribution in [0.3, 0.4) is 0 Å². The van der Waals surface area contributed by atoms with Gasteiger partial charge >= 0.3 is 7.82 Å². The maximum absolute atomic E-state index is 13.1. The summed E-state index contributed by atoms with van der Waals surface area (Å²) in [6.45, 7) is 0. The number of phosphoric acid groups is 1. The Bertz CT molecular complexity index is 675. The van der Waals surface area contributed by atoms with E-state index in [9.17, 15) is 8.96 Å². The molecule has 2 aromatic rings. The first kappa shape index (κ1) is 16.4. The van der Waals surface area contributed by atoms with E-state index in [2.05, 4.69) is 0 Å². The van der Waals surface area contributed by atoms with Crippen LogP contribution in [0.4, 0.5) is 4.39 Å². The van der Waals surface area contributed by atoms with Gasteiger partial charge in [-0.25, -0.2) is 8.96 Å². The number of phosphoric ester groups is 1. The van der Waals surface area contributed by atoms with Gasteiger partial charge in [0.15, 0.2) is 0 Å². The SMILES string of the molecule is COP(=O)(OC)O/C=C(\c1ccccc1)c1ccc(F)cc1. The zero-order chi connectivity index (χ0) is 16.0. The van der Waals surface area contributed by atoms with Gasteiger partial charge < -0.3 is 4.52 Å². The van der Waals surface area contributed by atoms with Crippen LogP contribution in [0.1, 0.15) is 11.1 Å². The highest BCUT2D eigenvalue weighted by atomic mass is 31.2. The third kappa shape index (κ3) is 4.04. The van der Waals surface area contributed by atoms with Gasteiger partial charge in [0, 0.05) is 19.8 Å². The smallest absolute Gasteiger partial charge is 0.411 e. The van der Waals surface area contributed by atoms with Gasteiger partial charge in [-0.05, 0) is 23.3 Å². The lowest BCUT2D eigenvalue weighted by Gasteiger charge is -2.14. The molecular formula is C16H16FO4P. The maximum Gasteiger partial charge on any atom is 0.528 e. The van der Waals surface area contributed by atoms with Crippen LogP contribution >= 0.6 is 7.82 Å². The molecule has 22 heavy (non-hydrogen) atoms. The fraction of sp³-hybridized carbons (Fsp3) is 0.125. The molecule has 0 radical (unpaired) electrons. The van der Waals surface area contributed by atoms with Crippen molar-refractivity contribution in [3.63, 3.8) is 0 Å². The Morgan fingerprint density at radius 1 is 0.955 bits per heavy atom. The lowest BCUT2D eigenvalue weighted by atomic mass is 9.99.